The summed E-state index contributed by atoms with van der Waals surface area (Å²) in [6.07, 6.45) is 8.95. The number of anilines is 1. The van der Waals surface area contributed by atoms with E-state index in [4.69, 9.17) is 26.1 Å². The second-order valence-corrected chi connectivity index (χ2v) is 10.8. The van der Waals surface area contributed by atoms with Crippen molar-refractivity contribution in [2.75, 3.05) is 24.3 Å². The zero-order chi connectivity index (χ0) is 22.6. The fourth-order valence-electron chi connectivity index (χ4n) is 4.92. The number of aromatic amines is 1. The van der Waals surface area contributed by atoms with Gasteiger partial charge in [0.15, 0.2) is 0 Å². The largest absolute Gasteiger partial charge is 0.462 e. The summed E-state index contributed by atoms with van der Waals surface area (Å²) < 4.78 is 11.1. The van der Waals surface area contributed by atoms with Gasteiger partial charge in [0, 0.05) is 41.8 Å². The minimum absolute atomic E-state index is 0.0698. The number of aliphatic imine (C=N–C) groups is 1. The van der Waals surface area contributed by atoms with E-state index in [-0.39, 0.29) is 18.1 Å². The van der Waals surface area contributed by atoms with Crippen LogP contribution in [0.2, 0.25) is 5.02 Å². The highest BCUT2D eigenvalue weighted by Gasteiger charge is 2.24. The minimum atomic E-state index is -0.0698. The standard InChI is InChI=1S/C25H32ClN3O3S/c26-17-12-16-13-22(29-24(16)21(14-17)27-18-8-10-31-11-9-18)25-28-19(15-33-25)6-7-23(30)32-20-4-2-1-3-5-20/h12-14,18-20,27,29H,1-11,15H2. The van der Waals surface area contributed by atoms with E-state index < -0.39 is 0 Å². The Bertz CT molecular complexity index is 1010. The minimum Gasteiger partial charge on any atom is -0.462 e. The molecule has 6 nitrogen and oxygen atoms in total. The summed E-state index contributed by atoms with van der Waals surface area (Å²) in [5.74, 6) is 0.828. The number of nitrogens with one attached hydrogen (secondary N) is 2. The van der Waals surface area contributed by atoms with E-state index >= 15 is 0 Å². The third kappa shape index (κ3) is 5.87. The molecule has 5 rings (SSSR count). The van der Waals surface area contributed by atoms with Crippen LogP contribution < -0.4 is 5.32 Å². The van der Waals surface area contributed by atoms with Gasteiger partial charge in [-0.25, -0.2) is 0 Å². The maximum atomic E-state index is 12.3. The van der Waals surface area contributed by atoms with Gasteiger partial charge in [0.25, 0.3) is 0 Å². The first-order valence-electron chi connectivity index (χ1n) is 12.2. The maximum Gasteiger partial charge on any atom is 0.306 e. The van der Waals surface area contributed by atoms with Crippen molar-refractivity contribution < 1.29 is 14.3 Å². The van der Waals surface area contributed by atoms with Crippen molar-refractivity contribution in [3.8, 4) is 0 Å². The molecule has 2 aliphatic heterocycles. The Labute approximate surface area is 204 Å². The van der Waals surface area contributed by atoms with Crippen LogP contribution >= 0.6 is 23.4 Å². The van der Waals surface area contributed by atoms with Crippen molar-refractivity contribution in [1.82, 2.24) is 4.98 Å². The van der Waals surface area contributed by atoms with Gasteiger partial charge < -0.3 is 19.8 Å². The zero-order valence-electron chi connectivity index (χ0n) is 18.9. The van der Waals surface area contributed by atoms with E-state index in [9.17, 15) is 4.79 Å². The van der Waals surface area contributed by atoms with Gasteiger partial charge in [-0.3, -0.25) is 9.79 Å². The number of aromatic nitrogens is 1. The van der Waals surface area contributed by atoms with Gasteiger partial charge in [-0.05, 0) is 63.1 Å². The molecule has 8 heteroatoms. The Hall–Kier alpha value is -1.70. The summed E-state index contributed by atoms with van der Waals surface area (Å²) in [6.45, 7) is 1.58. The first-order valence-corrected chi connectivity index (χ1v) is 13.6. The van der Waals surface area contributed by atoms with Crippen molar-refractivity contribution in [2.24, 2.45) is 4.99 Å². The number of benzene rings is 1. The molecule has 0 bridgehead atoms. The van der Waals surface area contributed by atoms with Gasteiger partial charge in [0.2, 0.25) is 0 Å². The molecule has 1 saturated heterocycles. The van der Waals surface area contributed by atoms with Crippen LogP contribution in [0.15, 0.2) is 23.2 Å². The molecule has 1 saturated carbocycles. The molecule has 0 radical (unpaired) electrons. The second kappa shape index (κ2) is 10.7. The number of ether oxygens (including phenoxy) is 2. The lowest BCUT2D eigenvalue weighted by Crippen LogP contribution is -2.27. The molecule has 1 aliphatic carbocycles. The van der Waals surface area contributed by atoms with Crippen molar-refractivity contribution in [3.63, 3.8) is 0 Å². The van der Waals surface area contributed by atoms with Crippen molar-refractivity contribution in [3.05, 3.63) is 28.9 Å². The van der Waals surface area contributed by atoms with Gasteiger partial charge in [-0.2, -0.15) is 0 Å². The van der Waals surface area contributed by atoms with E-state index in [0.29, 0.717) is 12.5 Å². The monoisotopic (exact) mass is 489 g/mol. The van der Waals surface area contributed by atoms with Crippen LogP contribution in [0.1, 0.15) is 63.5 Å². The highest BCUT2D eigenvalue weighted by Crippen LogP contribution is 2.33. The van der Waals surface area contributed by atoms with Crippen LogP contribution in [-0.4, -0.2) is 53.2 Å². The molecular formula is C25H32ClN3O3S. The van der Waals surface area contributed by atoms with Crippen molar-refractivity contribution >= 4 is 51.0 Å². The number of hydrogen-bond acceptors (Lipinski definition) is 6. The number of carbonyl (C=O) groups is 1. The molecule has 3 aliphatic rings. The Morgan fingerprint density at radius 3 is 2.82 bits per heavy atom. The Balaban J connectivity index is 1.23. The molecule has 1 atom stereocenters. The molecule has 0 amide bonds. The molecule has 178 valence electrons. The molecule has 2 N–H and O–H groups in total. The lowest BCUT2D eigenvalue weighted by molar-refractivity contribution is -0.150. The Kier molecular flexibility index (Phi) is 7.48. The van der Waals surface area contributed by atoms with Crippen LogP contribution in [-0.2, 0) is 14.3 Å². The summed E-state index contributed by atoms with van der Waals surface area (Å²) in [7, 11) is 0. The van der Waals surface area contributed by atoms with Gasteiger partial charge in [-0.1, -0.05) is 18.0 Å². The number of carbonyl (C=O) groups excluding carboxylic acids is 1. The van der Waals surface area contributed by atoms with Crippen molar-refractivity contribution in [2.45, 2.75) is 76.0 Å². The SMILES string of the molecule is O=C(CCC1CSC(c2cc3cc(Cl)cc(NC4CCOCC4)c3[nH]2)=N1)OC1CCCCC1. The number of nitrogens with zero attached hydrogens (tertiary/aromatic N) is 1. The number of hydrogen-bond donors (Lipinski definition) is 2. The molecule has 33 heavy (non-hydrogen) atoms. The fourth-order valence-corrected chi connectivity index (χ4v) is 6.23. The number of fused-ring (bicyclic) bond motifs is 1. The van der Waals surface area contributed by atoms with Crippen LogP contribution in [0.25, 0.3) is 10.9 Å². The molecule has 2 aromatic rings. The van der Waals surface area contributed by atoms with Crippen LogP contribution in [0.5, 0.6) is 0 Å². The maximum absolute atomic E-state index is 12.3. The van der Waals surface area contributed by atoms with Crippen LogP contribution in [0, 0.1) is 0 Å². The fraction of sp³-hybridized carbons (Fsp3) is 0.600. The molecule has 2 fully saturated rings. The lowest BCUT2D eigenvalue weighted by Gasteiger charge is -2.24. The molecule has 3 heterocycles. The van der Waals surface area contributed by atoms with Crippen molar-refractivity contribution in [1.29, 1.82) is 0 Å². The van der Waals surface area contributed by atoms with E-state index in [1.54, 1.807) is 11.8 Å². The summed E-state index contributed by atoms with van der Waals surface area (Å²) in [5.41, 5.74) is 3.10. The molecule has 1 aromatic carbocycles. The van der Waals surface area contributed by atoms with Gasteiger partial charge in [-0.15, -0.1) is 11.8 Å². The average molecular weight is 490 g/mol. The predicted octanol–water partition coefficient (Wildman–Crippen LogP) is 5.93. The molecule has 1 aromatic heterocycles. The predicted molar refractivity (Wildman–Crippen MR) is 136 cm³/mol. The van der Waals surface area contributed by atoms with Crippen LogP contribution in [0.4, 0.5) is 5.69 Å². The quantitative estimate of drug-likeness (QED) is 0.471. The van der Waals surface area contributed by atoms with E-state index in [0.717, 1.165) is 83.4 Å². The van der Waals surface area contributed by atoms with Gasteiger partial charge >= 0.3 is 5.97 Å². The summed E-state index contributed by atoms with van der Waals surface area (Å²) >= 11 is 8.17. The normalized spacial score (nSPS) is 22.5. The number of esters is 1. The van der Waals surface area contributed by atoms with E-state index in [1.807, 2.05) is 12.1 Å². The third-order valence-corrected chi connectivity index (χ3v) is 8.12. The molecule has 1 unspecified atom stereocenters. The average Bonchev–Trinajstić information content (AvgIpc) is 3.46. The smallest absolute Gasteiger partial charge is 0.306 e. The summed E-state index contributed by atoms with van der Waals surface area (Å²) in [6, 6.07) is 6.65. The highest BCUT2D eigenvalue weighted by atomic mass is 35.5. The van der Waals surface area contributed by atoms with Crippen LogP contribution in [0.3, 0.4) is 0 Å². The van der Waals surface area contributed by atoms with E-state index in [1.165, 1.54) is 19.3 Å². The number of thioether (sulfide) groups is 1. The number of halogens is 1. The first-order chi connectivity index (χ1) is 16.1. The molecule has 0 spiro atoms. The second-order valence-electron chi connectivity index (χ2n) is 9.32. The topological polar surface area (TPSA) is 75.7 Å². The van der Waals surface area contributed by atoms with Gasteiger partial charge in [0.05, 0.1) is 22.9 Å². The first kappa shape index (κ1) is 23.1. The number of H-pyrrole nitrogens is 1. The lowest BCUT2D eigenvalue weighted by atomic mass is 9.98. The third-order valence-electron chi connectivity index (χ3n) is 6.75. The highest BCUT2D eigenvalue weighted by molar-refractivity contribution is 8.14. The zero-order valence-corrected chi connectivity index (χ0v) is 20.5. The van der Waals surface area contributed by atoms with E-state index in [2.05, 4.69) is 16.4 Å². The number of rotatable bonds is 7. The molecular weight excluding hydrogens is 458 g/mol. The summed E-state index contributed by atoms with van der Waals surface area (Å²) in [4.78, 5) is 20.7. The summed E-state index contributed by atoms with van der Waals surface area (Å²) in [5, 5.41) is 6.45. The van der Waals surface area contributed by atoms with Gasteiger partial charge in [0.1, 0.15) is 11.1 Å². The Morgan fingerprint density at radius 1 is 1.18 bits per heavy atom. The Morgan fingerprint density at radius 2 is 2.00 bits per heavy atom.